The highest BCUT2D eigenvalue weighted by Gasteiger charge is 2.35. The third-order valence-electron chi connectivity index (χ3n) is 3.38. The van der Waals surface area contributed by atoms with E-state index in [1.807, 2.05) is 6.07 Å². The molecule has 4 nitrogen and oxygen atoms in total. The Morgan fingerprint density at radius 3 is 2.56 bits per heavy atom. The maximum atomic E-state index is 11.3. The molecule has 0 saturated carbocycles. The van der Waals surface area contributed by atoms with Crippen LogP contribution in [-0.4, -0.2) is 36.9 Å². The van der Waals surface area contributed by atoms with E-state index in [9.17, 15) is 18.3 Å². The van der Waals surface area contributed by atoms with E-state index in [4.69, 9.17) is 0 Å². The summed E-state index contributed by atoms with van der Waals surface area (Å²) in [5.74, 6) is 0.0771. The van der Waals surface area contributed by atoms with E-state index < -0.39 is 15.4 Å². The first-order chi connectivity index (χ1) is 8.42. The zero-order valence-corrected chi connectivity index (χ0v) is 10.8. The molecule has 5 heteroatoms. The number of rotatable bonds is 3. The molecule has 18 heavy (non-hydrogen) atoms. The second kappa shape index (κ2) is 4.82. The lowest BCUT2D eigenvalue weighted by Gasteiger charge is -2.32. The fourth-order valence-corrected chi connectivity index (χ4v) is 3.84. The largest absolute Gasteiger partial charge is 0.389 e. The molecule has 0 amide bonds. The standard InChI is InChI=1S/C13H16O4S/c14-10-12-3-1-2-11(8-12)9-13(15)4-6-18(16,17)7-5-13/h1-3,8,10,15H,4-7,9H2. The minimum atomic E-state index is -2.98. The van der Waals surface area contributed by atoms with Crippen LogP contribution in [0.2, 0.25) is 0 Å². The monoisotopic (exact) mass is 268 g/mol. The predicted octanol–water partition coefficient (Wildman–Crippen LogP) is 0.981. The van der Waals surface area contributed by atoms with E-state index in [1.54, 1.807) is 18.2 Å². The van der Waals surface area contributed by atoms with E-state index in [-0.39, 0.29) is 24.3 Å². The number of aldehydes is 1. The predicted molar refractivity (Wildman–Crippen MR) is 68.4 cm³/mol. The summed E-state index contributed by atoms with van der Waals surface area (Å²) in [7, 11) is -2.98. The molecule has 0 radical (unpaired) electrons. The molecule has 0 aromatic heterocycles. The van der Waals surface area contributed by atoms with E-state index >= 15 is 0 Å². The zero-order valence-electron chi connectivity index (χ0n) is 10.0. The van der Waals surface area contributed by atoms with Gasteiger partial charge >= 0.3 is 0 Å². The van der Waals surface area contributed by atoms with Gasteiger partial charge in [0, 0.05) is 12.0 Å². The van der Waals surface area contributed by atoms with Crippen LogP contribution >= 0.6 is 0 Å². The average Bonchev–Trinajstić information content (AvgIpc) is 2.34. The van der Waals surface area contributed by atoms with Gasteiger partial charge in [0.25, 0.3) is 0 Å². The molecule has 1 aromatic rings. The van der Waals surface area contributed by atoms with Gasteiger partial charge < -0.3 is 5.11 Å². The van der Waals surface area contributed by atoms with Crippen molar-refractivity contribution in [1.82, 2.24) is 0 Å². The van der Waals surface area contributed by atoms with Crippen molar-refractivity contribution in [2.75, 3.05) is 11.5 Å². The van der Waals surface area contributed by atoms with Crippen LogP contribution in [0.3, 0.4) is 0 Å². The van der Waals surface area contributed by atoms with Gasteiger partial charge in [-0.1, -0.05) is 18.2 Å². The van der Waals surface area contributed by atoms with E-state index in [1.165, 1.54) is 0 Å². The molecule has 1 aliphatic rings. The molecule has 0 bridgehead atoms. The first-order valence-corrected chi connectivity index (χ1v) is 7.72. The fourth-order valence-electron chi connectivity index (χ4n) is 2.25. The van der Waals surface area contributed by atoms with Crippen molar-refractivity contribution in [3.63, 3.8) is 0 Å². The Hall–Kier alpha value is -1.20. The Labute approximate surface area is 107 Å². The first kappa shape index (κ1) is 13.2. The zero-order chi connectivity index (χ0) is 13.2. The molecule has 1 heterocycles. The molecule has 2 rings (SSSR count). The molecule has 0 unspecified atom stereocenters. The van der Waals surface area contributed by atoms with Crippen LogP contribution in [0.1, 0.15) is 28.8 Å². The van der Waals surface area contributed by atoms with Gasteiger partial charge in [-0.05, 0) is 24.5 Å². The molecular formula is C13H16O4S. The third kappa shape index (κ3) is 3.17. The van der Waals surface area contributed by atoms with Gasteiger partial charge in [0.15, 0.2) is 9.84 Å². The Morgan fingerprint density at radius 2 is 1.94 bits per heavy atom. The molecule has 98 valence electrons. The number of sulfone groups is 1. The van der Waals surface area contributed by atoms with Crippen LogP contribution in [0.15, 0.2) is 24.3 Å². The summed E-state index contributed by atoms with van der Waals surface area (Å²) in [5, 5.41) is 10.4. The summed E-state index contributed by atoms with van der Waals surface area (Å²) in [5.41, 5.74) is 0.466. The first-order valence-electron chi connectivity index (χ1n) is 5.89. The summed E-state index contributed by atoms with van der Waals surface area (Å²) >= 11 is 0. The maximum Gasteiger partial charge on any atom is 0.150 e. The minimum Gasteiger partial charge on any atom is -0.389 e. The van der Waals surface area contributed by atoms with Gasteiger partial charge in [-0.15, -0.1) is 0 Å². The van der Waals surface area contributed by atoms with Crippen molar-refractivity contribution < 1.29 is 18.3 Å². The summed E-state index contributed by atoms with van der Waals surface area (Å²) in [6, 6.07) is 7.04. The third-order valence-corrected chi connectivity index (χ3v) is 5.03. The van der Waals surface area contributed by atoms with Crippen molar-refractivity contribution >= 4 is 16.1 Å². The van der Waals surface area contributed by atoms with Crippen LogP contribution in [0.4, 0.5) is 0 Å². The van der Waals surface area contributed by atoms with Crippen LogP contribution in [0, 0.1) is 0 Å². The number of hydrogen-bond donors (Lipinski definition) is 1. The highest BCUT2D eigenvalue weighted by atomic mass is 32.2. The summed E-state index contributed by atoms with van der Waals surface area (Å²) in [4.78, 5) is 10.7. The highest BCUT2D eigenvalue weighted by Crippen LogP contribution is 2.27. The Kier molecular flexibility index (Phi) is 3.54. The Morgan fingerprint density at radius 1 is 1.28 bits per heavy atom. The molecule has 1 aromatic carbocycles. The minimum absolute atomic E-state index is 0.0386. The summed E-state index contributed by atoms with van der Waals surface area (Å²) in [6.45, 7) is 0. The molecule has 1 saturated heterocycles. The van der Waals surface area contributed by atoms with E-state index in [2.05, 4.69) is 0 Å². The number of hydrogen-bond acceptors (Lipinski definition) is 4. The Balaban J connectivity index is 2.11. The van der Waals surface area contributed by atoms with Crippen LogP contribution in [0.25, 0.3) is 0 Å². The fraction of sp³-hybridized carbons (Fsp3) is 0.462. The lowest BCUT2D eigenvalue weighted by Crippen LogP contribution is -2.40. The number of carbonyl (C=O) groups excluding carboxylic acids is 1. The van der Waals surface area contributed by atoms with Crippen molar-refractivity contribution in [3.8, 4) is 0 Å². The number of carbonyl (C=O) groups is 1. The lowest BCUT2D eigenvalue weighted by molar-refractivity contribution is 0.0306. The summed E-state index contributed by atoms with van der Waals surface area (Å²) < 4.78 is 22.7. The van der Waals surface area contributed by atoms with Crippen LogP contribution in [-0.2, 0) is 16.3 Å². The second-order valence-electron chi connectivity index (χ2n) is 4.92. The molecular weight excluding hydrogens is 252 g/mol. The quantitative estimate of drug-likeness (QED) is 0.830. The van der Waals surface area contributed by atoms with Gasteiger partial charge in [-0.2, -0.15) is 0 Å². The molecule has 0 spiro atoms. The molecule has 0 atom stereocenters. The maximum absolute atomic E-state index is 11.3. The van der Waals surface area contributed by atoms with Crippen LogP contribution < -0.4 is 0 Å². The van der Waals surface area contributed by atoms with Gasteiger partial charge in [0.1, 0.15) is 6.29 Å². The molecule has 0 aliphatic carbocycles. The van der Waals surface area contributed by atoms with Gasteiger partial charge in [0.05, 0.1) is 17.1 Å². The van der Waals surface area contributed by atoms with Gasteiger partial charge in [-0.3, -0.25) is 4.79 Å². The topological polar surface area (TPSA) is 71.4 Å². The highest BCUT2D eigenvalue weighted by molar-refractivity contribution is 7.91. The molecule has 1 fully saturated rings. The SMILES string of the molecule is O=Cc1cccc(CC2(O)CCS(=O)(=O)CC2)c1. The van der Waals surface area contributed by atoms with Crippen molar-refractivity contribution in [2.24, 2.45) is 0 Å². The van der Waals surface area contributed by atoms with Crippen LogP contribution in [0.5, 0.6) is 0 Å². The lowest BCUT2D eigenvalue weighted by atomic mass is 9.88. The Bertz CT molecular complexity index is 534. The second-order valence-corrected chi connectivity index (χ2v) is 7.22. The van der Waals surface area contributed by atoms with Crippen molar-refractivity contribution in [2.45, 2.75) is 24.9 Å². The van der Waals surface area contributed by atoms with E-state index in [0.717, 1.165) is 11.8 Å². The molecule has 1 N–H and O–H groups in total. The molecule has 1 aliphatic heterocycles. The van der Waals surface area contributed by atoms with Gasteiger partial charge in [-0.25, -0.2) is 8.42 Å². The number of aliphatic hydroxyl groups is 1. The number of benzene rings is 1. The van der Waals surface area contributed by atoms with Crippen molar-refractivity contribution in [3.05, 3.63) is 35.4 Å². The smallest absolute Gasteiger partial charge is 0.150 e. The normalized spacial score (nSPS) is 21.4. The van der Waals surface area contributed by atoms with Crippen molar-refractivity contribution in [1.29, 1.82) is 0 Å². The van der Waals surface area contributed by atoms with Gasteiger partial charge in [0.2, 0.25) is 0 Å². The van der Waals surface area contributed by atoms with E-state index in [0.29, 0.717) is 12.0 Å². The average molecular weight is 268 g/mol. The summed E-state index contributed by atoms with van der Waals surface area (Å²) in [6.07, 6.45) is 1.68.